The highest BCUT2D eigenvalue weighted by atomic mass is 16.5. The van der Waals surface area contributed by atoms with Crippen LogP contribution in [0.3, 0.4) is 0 Å². The van der Waals surface area contributed by atoms with Crippen LogP contribution >= 0.6 is 0 Å². The number of fused-ring (bicyclic) bond motifs is 1. The van der Waals surface area contributed by atoms with Gasteiger partial charge in [0.25, 0.3) is 5.91 Å². The van der Waals surface area contributed by atoms with Gasteiger partial charge in [0.15, 0.2) is 6.61 Å². The summed E-state index contributed by atoms with van der Waals surface area (Å²) in [6, 6.07) is 7.92. The minimum Gasteiger partial charge on any atom is -0.492 e. The maximum Gasteiger partial charge on any atom is 0.313 e. The summed E-state index contributed by atoms with van der Waals surface area (Å²) in [4.78, 5) is 23.8. The van der Waals surface area contributed by atoms with Gasteiger partial charge in [-0.1, -0.05) is 31.0 Å². The second-order valence-electron chi connectivity index (χ2n) is 5.98. The highest BCUT2D eigenvalue weighted by Crippen LogP contribution is 2.27. The van der Waals surface area contributed by atoms with Gasteiger partial charge in [-0.15, -0.1) is 0 Å². The second kappa shape index (κ2) is 6.81. The SMILES string of the molecule is O=C(COC(=O)C1COc2ccccc2C1)NC1CCCC1. The lowest BCUT2D eigenvalue weighted by Crippen LogP contribution is -2.37. The van der Waals surface area contributed by atoms with E-state index in [4.69, 9.17) is 9.47 Å². The number of esters is 1. The fraction of sp³-hybridized carbons (Fsp3) is 0.529. The van der Waals surface area contributed by atoms with Gasteiger partial charge >= 0.3 is 5.97 Å². The van der Waals surface area contributed by atoms with E-state index in [2.05, 4.69) is 5.32 Å². The number of benzene rings is 1. The number of hydrogen-bond donors (Lipinski definition) is 1. The van der Waals surface area contributed by atoms with Crippen molar-refractivity contribution >= 4 is 11.9 Å². The second-order valence-corrected chi connectivity index (χ2v) is 5.98. The summed E-state index contributed by atoms with van der Waals surface area (Å²) in [7, 11) is 0. The fourth-order valence-corrected chi connectivity index (χ4v) is 3.07. The predicted octanol–water partition coefficient (Wildman–Crippen LogP) is 1.84. The van der Waals surface area contributed by atoms with Gasteiger partial charge in [0.2, 0.25) is 0 Å². The van der Waals surface area contributed by atoms with Gasteiger partial charge in [-0.2, -0.15) is 0 Å². The molecule has 1 heterocycles. The van der Waals surface area contributed by atoms with Crippen LogP contribution in [0.15, 0.2) is 24.3 Å². The zero-order chi connectivity index (χ0) is 15.4. The van der Waals surface area contributed by atoms with Crippen LogP contribution in [0.25, 0.3) is 0 Å². The predicted molar refractivity (Wildman–Crippen MR) is 80.5 cm³/mol. The van der Waals surface area contributed by atoms with Gasteiger partial charge in [0, 0.05) is 6.04 Å². The molecule has 1 amide bonds. The number of nitrogens with one attached hydrogen (secondary N) is 1. The Bertz CT molecular complexity index is 551. The average molecular weight is 303 g/mol. The first-order chi connectivity index (χ1) is 10.7. The molecule has 0 aromatic heterocycles. The molecular weight excluding hydrogens is 282 g/mol. The summed E-state index contributed by atoms with van der Waals surface area (Å²) < 4.78 is 10.7. The molecule has 0 saturated heterocycles. The van der Waals surface area contributed by atoms with E-state index in [0.29, 0.717) is 13.0 Å². The third-order valence-electron chi connectivity index (χ3n) is 4.28. The molecule has 1 N–H and O–H groups in total. The molecule has 1 aromatic carbocycles. The summed E-state index contributed by atoms with van der Waals surface area (Å²) in [6.45, 7) is 0.105. The van der Waals surface area contributed by atoms with Crippen molar-refractivity contribution in [1.29, 1.82) is 0 Å². The van der Waals surface area contributed by atoms with Crippen LogP contribution in [-0.4, -0.2) is 31.1 Å². The van der Waals surface area contributed by atoms with E-state index < -0.39 is 0 Å². The lowest BCUT2D eigenvalue weighted by atomic mass is 9.97. The maximum atomic E-state index is 12.1. The summed E-state index contributed by atoms with van der Waals surface area (Å²) in [5.74, 6) is -0.0897. The van der Waals surface area contributed by atoms with Crippen molar-refractivity contribution in [3.8, 4) is 5.75 Å². The molecule has 5 heteroatoms. The molecule has 3 rings (SSSR count). The molecular formula is C17H21NO4. The molecule has 1 fully saturated rings. The number of para-hydroxylation sites is 1. The molecule has 1 aromatic rings. The Labute approximate surface area is 130 Å². The van der Waals surface area contributed by atoms with Crippen LogP contribution in [0.1, 0.15) is 31.2 Å². The molecule has 0 bridgehead atoms. The number of amides is 1. The van der Waals surface area contributed by atoms with Crippen molar-refractivity contribution in [2.75, 3.05) is 13.2 Å². The lowest BCUT2D eigenvalue weighted by Gasteiger charge is -2.23. The van der Waals surface area contributed by atoms with Gasteiger partial charge in [-0.05, 0) is 30.9 Å². The largest absolute Gasteiger partial charge is 0.492 e. The van der Waals surface area contributed by atoms with Crippen molar-refractivity contribution < 1.29 is 19.1 Å². The Hall–Kier alpha value is -2.04. The summed E-state index contributed by atoms with van der Waals surface area (Å²) in [5, 5.41) is 2.91. The van der Waals surface area contributed by atoms with Crippen molar-refractivity contribution in [1.82, 2.24) is 5.32 Å². The summed E-state index contributed by atoms with van der Waals surface area (Å²) in [5.41, 5.74) is 1.01. The number of carbonyl (C=O) groups excluding carboxylic acids is 2. The molecule has 1 aliphatic carbocycles. The van der Waals surface area contributed by atoms with Gasteiger partial charge in [-0.3, -0.25) is 9.59 Å². The number of hydrogen-bond acceptors (Lipinski definition) is 4. The topological polar surface area (TPSA) is 64.6 Å². The van der Waals surface area contributed by atoms with E-state index >= 15 is 0 Å². The van der Waals surface area contributed by atoms with Crippen molar-refractivity contribution in [3.63, 3.8) is 0 Å². The van der Waals surface area contributed by atoms with Gasteiger partial charge in [-0.25, -0.2) is 0 Å². The molecule has 1 unspecified atom stereocenters. The Balaban J connectivity index is 1.45. The van der Waals surface area contributed by atoms with Gasteiger partial charge in [0.05, 0.1) is 5.92 Å². The van der Waals surface area contributed by atoms with E-state index in [0.717, 1.165) is 37.0 Å². The van der Waals surface area contributed by atoms with Crippen molar-refractivity contribution in [3.05, 3.63) is 29.8 Å². The Morgan fingerprint density at radius 1 is 1.23 bits per heavy atom. The third kappa shape index (κ3) is 3.59. The van der Waals surface area contributed by atoms with Crippen LogP contribution in [0, 0.1) is 5.92 Å². The van der Waals surface area contributed by atoms with E-state index in [1.54, 1.807) is 0 Å². The van der Waals surface area contributed by atoms with E-state index in [1.165, 1.54) is 0 Å². The molecule has 118 valence electrons. The number of rotatable bonds is 4. The monoisotopic (exact) mass is 303 g/mol. The quantitative estimate of drug-likeness (QED) is 0.862. The lowest BCUT2D eigenvalue weighted by molar-refractivity contribution is -0.154. The zero-order valence-electron chi connectivity index (χ0n) is 12.5. The molecule has 1 aliphatic heterocycles. The van der Waals surface area contributed by atoms with Gasteiger partial charge in [0.1, 0.15) is 12.4 Å². The highest BCUT2D eigenvalue weighted by Gasteiger charge is 2.27. The molecule has 0 radical (unpaired) electrons. The molecule has 2 aliphatic rings. The molecule has 0 spiro atoms. The van der Waals surface area contributed by atoms with E-state index in [1.807, 2.05) is 24.3 Å². The standard InChI is InChI=1S/C17H21NO4/c19-16(18-14-6-2-3-7-14)11-22-17(20)13-9-12-5-1-4-8-15(12)21-10-13/h1,4-5,8,13-14H,2-3,6-7,9-11H2,(H,18,19). The molecule has 22 heavy (non-hydrogen) atoms. The molecule has 1 atom stereocenters. The molecule has 1 saturated carbocycles. The van der Waals surface area contributed by atoms with Crippen molar-refractivity contribution in [2.24, 2.45) is 5.92 Å². The normalized spacial score (nSPS) is 20.8. The number of ether oxygens (including phenoxy) is 2. The van der Waals surface area contributed by atoms with Crippen LogP contribution in [0.5, 0.6) is 5.75 Å². The third-order valence-corrected chi connectivity index (χ3v) is 4.28. The van der Waals surface area contributed by atoms with E-state index in [9.17, 15) is 9.59 Å². The first kappa shape index (κ1) is 14.9. The fourth-order valence-electron chi connectivity index (χ4n) is 3.07. The van der Waals surface area contributed by atoms with Crippen LogP contribution < -0.4 is 10.1 Å². The Kier molecular flexibility index (Phi) is 4.61. The van der Waals surface area contributed by atoms with Crippen LogP contribution in [-0.2, 0) is 20.7 Å². The van der Waals surface area contributed by atoms with E-state index in [-0.39, 0.29) is 30.4 Å². The Morgan fingerprint density at radius 3 is 2.82 bits per heavy atom. The summed E-state index contributed by atoms with van der Waals surface area (Å²) >= 11 is 0. The zero-order valence-corrected chi connectivity index (χ0v) is 12.5. The first-order valence-corrected chi connectivity index (χ1v) is 7.89. The maximum absolute atomic E-state index is 12.1. The van der Waals surface area contributed by atoms with Crippen molar-refractivity contribution in [2.45, 2.75) is 38.1 Å². The van der Waals surface area contributed by atoms with Gasteiger partial charge < -0.3 is 14.8 Å². The number of carbonyl (C=O) groups is 2. The minimum absolute atomic E-state index is 0.201. The summed E-state index contributed by atoms with van der Waals surface area (Å²) in [6.07, 6.45) is 4.95. The average Bonchev–Trinajstić information content (AvgIpc) is 3.05. The minimum atomic E-state index is -0.365. The Morgan fingerprint density at radius 2 is 2.00 bits per heavy atom. The molecule has 5 nitrogen and oxygen atoms in total. The van der Waals surface area contributed by atoms with Crippen LogP contribution in [0.4, 0.5) is 0 Å². The first-order valence-electron chi connectivity index (χ1n) is 7.89. The van der Waals surface area contributed by atoms with Crippen LogP contribution in [0.2, 0.25) is 0 Å². The highest BCUT2D eigenvalue weighted by molar-refractivity contribution is 5.81. The smallest absolute Gasteiger partial charge is 0.313 e.